The number of thiazole rings is 1. The summed E-state index contributed by atoms with van der Waals surface area (Å²) in [6.45, 7) is -0.228. The maximum atomic E-state index is 14.3. The third kappa shape index (κ3) is 3.56. The Balaban J connectivity index is 2.18. The molecule has 2 aromatic carbocycles. The van der Waals surface area contributed by atoms with Crippen LogP contribution in [0.2, 0.25) is 0 Å². The van der Waals surface area contributed by atoms with Crippen molar-refractivity contribution in [2.24, 2.45) is 4.99 Å². The molecule has 26 heavy (non-hydrogen) atoms. The Morgan fingerprint density at radius 3 is 2.73 bits per heavy atom. The molecule has 3 rings (SSSR count). The van der Waals surface area contributed by atoms with Gasteiger partial charge in [-0.05, 0) is 30.5 Å². The van der Waals surface area contributed by atoms with Crippen molar-refractivity contribution >= 4 is 45.2 Å². The molecule has 134 valence electrons. The maximum Gasteiger partial charge on any atom is 0.325 e. The molecular formula is C18H15FN2O3S2. The zero-order chi connectivity index (χ0) is 18.7. The summed E-state index contributed by atoms with van der Waals surface area (Å²) in [6.07, 6.45) is 1.87. The molecule has 1 heterocycles. The van der Waals surface area contributed by atoms with Crippen molar-refractivity contribution in [1.29, 1.82) is 0 Å². The predicted molar refractivity (Wildman–Crippen MR) is 99.9 cm³/mol. The van der Waals surface area contributed by atoms with Gasteiger partial charge in [-0.15, -0.1) is 11.8 Å². The Morgan fingerprint density at radius 1 is 1.23 bits per heavy atom. The molecule has 0 spiro atoms. The van der Waals surface area contributed by atoms with Gasteiger partial charge in [0, 0.05) is 4.90 Å². The van der Waals surface area contributed by atoms with Crippen molar-refractivity contribution in [2.75, 3.05) is 13.4 Å². The van der Waals surface area contributed by atoms with E-state index in [4.69, 9.17) is 0 Å². The van der Waals surface area contributed by atoms with Crippen molar-refractivity contribution < 1.29 is 18.7 Å². The second-order valence-corrected chi connectivity index (χ2v) is 7.11. The molecule has 0 radical (unpaired) electrons. The molecule has 0 atom stereocenters. The molecule has 5 nitrogen and oxygen atoms in total. The van der Waals surface area contributed by atoms with Gasteiger partial charge >= 0.3 is 5.97 Å². The van der Waals surface area contributed by atoms with Gasteiger partial charge < -0.3 is 9.30 Å². The van der Waals surface area contributed by atoms with Gasteiger partial charge in [-0.25, -0.2) is 4.39 Å². The lowest BCUT2D eigenvalue weighted by atomic mass is 10.2. The summed E-state index contributed by atoms with van der Waals surface area (Å²) in [5, 5.41) is 0. The largest absolute Gasteiger partial charge is 0.468 e. The summed E-state index contributed by atoms with van der Waals surface area (Å²) in [4.78, 5) is 29.6. The predicted octanol–water partition coefficient (Wildman–Crippen LogP) is 3.48. The van der Waals surface area contributed by atoms with E-state index in [0.717, 1.165) is 16.2 Å². The number of para-hydroxylation sites is 1. The molecule has 0 aliphatic rings. The van der Waals surface area contributed by atoms with E-state index in [1.807, 2.05) is 18.4 Å². The molecule has 0 bridgehead atoms. The van der Waals surface area contributed by atoms with Crippen LogP contribution in [0.3, 0.4) is 0 Å². The molecule has 0 fully saturated rings. The Hall–Kier alpha value is -2.45. The number of amides is 1. The van der Waals surface area contributed by atoms with Crippen LogP contribution in [0.25, 0.3) is 10.2 Å². The number of carbonyl (C=O) groups is 2. The van der Waals surface area contributed by atoms with Crippen LogP contribution in [-0.2, 0) is 16.1 Å². The summed E-state index contributed by atoms with van der Waals surface area (Å²) in [5.41, 5.74) is 0.690. The quantitative estimate of drug-likeness (QED) is 0.506. The smallest absolute Gasteiger partial charge is 0.325 e. The van der Waals surface area contributed by atoms with Crippen LogP contribution in [0.4, 0.5) is 4.39 Å². The number of ether oxygens (including phenoxy) is 1. The highest BCUT2D eigenvalue weighted by Gasteiger charge is 2.16. The topological polar surface area (TPSA) is 60.7 Å². The number of carbonyl (C=O) groups excluding carboxylic acids is 2. The number of benzene rings is 2. The molecule has 0 saturated carbocycles. The number of hydrogen-bond donors (Lipinski definition) is 0. The van der Waals surface area contributed by atoms with Crippen molar-refractivity contribution in [3.63, 3.8) is 0 Å². The number of thioether (sulfide) groups is 1. The summed E-state index contributed by atoms with van der Waals surface area (Å²) < 4.78 is 21.0. The normalized spacial score (nSPS) is 11.7. The van der Waals surface area contributed by atoms with E-state index in [1.165, 1.54) is 29.5 Å². The molecule has 0 aliphatic heterocycles. The first-order chi connectivity index (χ1) is 12.5. The average Bonchev–Trinajstić information content (AvgIpc) is 2.99. The number of aromatic nitrogens is 1. The van der Waals surface area contributed by atoms with Crippen molar-refractivity contribution in [1.82, 2.24) is 4.57 Å². The highest BCUT2D eigenvalue weighted by atomic mass is 32.2. The van der Waals surface area contributed by atoms with Crippen LogP contribution < -0.4 is 4.80 Å². The van der Waals surface area contributed by atoms with E-state index >= 15 is 0 Å². The van der Waals surface area contributed by atoms with Gasteiger partial charge in [0.15, 0.2) is 4.80 Å². The minimum absolute atomic E-state index is 0.228. The Morgan fingerprint density at radius 2 is 2.00 bits per heavy atom. The SMILES string of the molecule is COC(=O)Cn1c(=NC(=O)c2ccccc2SC)sc2cccc(F)c21. The lowest BCUT2D eigenvalue weighted by molar-refractivity contribution is -0.141. The van der Waals surface area contributed by atoms with E-state index in [1.54, 1.807) is 24.3 Å². The Labute approximate surface area is 157 Å². The first-order valence-electron chi connectivity index (χ1n) is 7.62. The molecule has 3 aromatic rings. The van der Waals surface area contributed by atoms with Crippen molar-refractivity contribution in [3.05, 3.63) is 58.6 Å². The highest BCUT2D eigenvalue weighted by molar-refractivity contribution is 7.98. The van der Waals surface area contributed by atoms with Crippen LogP contribution in [0.1, 0.15) is 10.4 Å². The van der Waals surface area contributed by atoms with Crippen LogP contribution >= 0.6 is 23.1 Å². The molecule has 8 heteroatoms. The van der Waals surface area contributed by atoms with Gasteiger partial charge in [0.2, 0.25) is 0 Å². The van der Waals surface area contributed by atoms with E-state index in [-0.39, 0.29) is 16.9 Å². The zero-order valence-corrected chi connectivity index (χ0v) is 15.7. The monoisotopic (exact) mass is 390 g/mol. The first-order valence-corrected chi connectivity index (χ1v) is 9.66. The van der Waals surface area contributed by atoms with Gasteiger partial charge in [-0.2, -0.15) is 4.99 Å². The third-order valence-electron chi connectivity index (χ3n) is 3.70. The van der Waals surface area contributed by atoms with Gasteiger partial charge in [0.05, 0.1) is 22.9 Å². The van der Waals surface area contributed by atoms with Crippen LogP contribution in [-0.4, -0.2) is 29.8 Å². The number of nitrogens with zero attached hydrogens (tertiary/aromatic N) is 2. The lowest BCUT2D eigenvalue weighted by Crippen LogP contribution is -2.23. The number of fused-ring (bicyclic) bond motifs is 1. The first kappa shape index (κ1) is 18.3. The molecule has 1 amide bonds. The number of hydrogen-bond acceptors (Lipinski definition) is 5. The molecule has 0 saturated heterocycles. The van der Waals surface area contributed by atoms with Crippen LogP contribution in [0.5, 0.6) is 0 Å². The number of esters is 1. The van der Waals surface area contributed by atoms with Crippen molar-refractivity contribution in [2.45, 2.75) is 11.4 Å². The fourth-order valence-corrected chi connectivity index (χ4v) is 4.11. The molecule has 0 N–H and O–H groups in total. The molecular weight excluding hydrogens is 375 g/mol. The van der Waals surface area contributed by atoms with Crippen LogP contribution in [0, 0.1) is 5.82 Å². The minimum atomic E-state index is -0.550. The maximum absolute atomic E-state index is 14.3. The molecule has 1 aromatic heterocycles. The summed E-state index contributed by atoms with van der Waals surface area (Å²) >= 11 is 2.59. The number of rotatable bonds is 4. The number of halogens is 1. The fraction of sp³-hybridized carbons (Fsp3) is 0.167. The number of methoxy groups -OCH3 is 1. The Kier molecular flexibility index (Phi) is 5.53. The minimum Gasteiger partial charge on any atom is -0.468 e. The van der Waals surface area contributed by atoms with Crippen molar-refractivity contribution in [3.8, 4) is 0 Å². The zero-order valence-electron chi connectivity index (χ0n) is 14.1. The summed E-state index contributed by atoms with van der Waals surface area (Å²) in [7, 11) is 1.25. The highest BCUT2D eigenvalue weighted by Crippen LogP contribution is 2.22. The fourth-order valence-electron chi connectivity index (χ4n) is 2.48. The van der Waals surface area contributed by atoms with Gasteiger partial charge in [0.25, 0.3) is 5.91 Å². The lowest BCUT2D eigenvalue weighted by Gasteiger charge is -2.05. The van der Waals surface area contributed by atoms with E-state index < -0.39 is 17.7 Å². The molecule has 0 aliphatic carbocycles. The van der Waals surface area contributed by atoms with Gasteiger partial charge in [0.1, 0.15) is 12.4 Å². The Bertz CT molecular complexity index is 1060. The third-order valence-corrected chi connectivity index (χ3v) is 5.54. The molecule has 0 unspecified atom stereocenters. The van der Waals surface area contributed by atoms with E-state index in [2.05, 4.69) is 9.73 Å². The second kappa shape index (κ2) is 7.84. The summed E-state index contributed by atoms with van der Waals surface area (Å²) in [5.74, 6) is -1.48. The average molecular weight is 390 g/mol. The van der Waals surface area contributed by atoms with Gasteiger partial charge in [-0.1, -0.05) is 29.5 Å². The van der Waals surface area contributed by atoms with Gasteiger partial charge in [-0.3, -0.25) is 9.59 Å². The van der Waals surface area contributed by atoms with E-state index in [0.29, 0.717) is 10.3 Å². The summed E-state index contributed by atoms with van der Waals surface area (Å²) in [6, 6.07) is 11.7. The second-order valence-electron chi connectivity index (χ2n) is 5.25. The standard InChI is InChI=1S/C18H15FN2O3S2/c1-24-15(22)10-21-16-12(19)7-5-9-14(16)26-18(21)20-17(23)11-6-3-4-8-13(11)25-2/h3-9H,10H2,1-2H3. The van der Waals surface area contributed by atoms with E-state index in [9.17, 15) is 14.0 Å². The van der Waals surface area contributed by atoms with Crippen LogP contribution in [0.15, 0.2) is 52.4 Å².